The van der Waals surface area contributed by atoms with Gasteiger partial charge in [-0.05, 0) is 6.42 Å². The molecule has 0 aliphatic carbocycles. The number of aromatic nitrogens is 1. The van der Waals surface area contributed by atoms with E-state index in [4.69, 9.17) is 0 Å². The van der Waals surface area contributed by atoms with Crippen LogP contribution in [0.2, 0.25) is 0 Å². The molecule has 0 unspecified atom stereocenters. The molecule has 0 spiro atoms. The van der Waals surface area contributed by atoms with Gasteiger partial charge in [-0.25, -0.2) is 0 Å². The van der Waals surface area contributed by atoms with E-state index in [1.165, 1.54) is 5.38 Å². The van der Waals surface area contributed by atoms with Crippen molar-refractivity contribution in [2.45, 2.75) is 19.8 Å². The van der Waals surface area contributed by atoms with E-state index in [2.05, 4.69) is 17.2 Å². The number of carbonyl (C=O) groups is 1. The highest BCUT2D eigenvalue weighted by molar-refractivity contribution is 7.07. The summed E-state index contributed by atoms with van der Waals surface area (Å²) in [5.41, 5.74) is 0.353. The first kappa shape index (κ1) is 9.98. The average molecular weight is 200 g/mol. The number of carbonyl (C=O) groups excluding carboxylic acids is 1. The topological polar surface area (TPSA) is 62.0 Å². The SMILES string of the molecule is CCCCNC(=O)c1csc(=O)[nH]1. The third-order valence-corrected chi connectivity index (χ3v) is 2.25. The fourth-order valence-corrected chi connectivity index (χ4v) is 1.43. The number of nitrogens with one attached hydrogen (secondary N) is 2. The number of amides is 1. The molecule has 1 aromatic heterocycles. The lowest BCUT2D eigenvalue weighted by molar-refractivity contribution is 0.0948. The van der Waals surface area contributed by atoms with Crippen molar-refractivity contribution in [2.24, 2.45) is 0 Å². The molecule has 13 heavy (non-hydrogen) atoms. The molecule has 0 saturated heterocycles. The van der Waals surface area contributed by atoms with E-state index in [0.717, 1.165) is 24.2 Å². The average Bonchev–Trinajstić information content (AvgIpc) is 2.52. The van der Waals surface area contributed by atoms with Crippen molar-refractivity contribution in [3.8, 4) is 0 Å². The highest BCUT2D eigenvalue weighted by atomic mass is 32.1. The first-order valence-corrected chi connectivity index (χ1v) is 5.08. The number of hydrogen-bond acceptors (Lipinski definition) is 3. The Balaban J connectivity index is 2.44. The maximum atomic E-state index is 11.3. The zero-order valence-electron chi connectivity index (χ0n) is 7.42. The molecular formula is C8H12N2O2S. The van der Waals surface area contributed by atoms with E-state index in [1.54, 1.807) is 0 Å². The van der Waals surface area contributed by atoms with Crippen molar-refractivity contribution in [2.75, 3.05) is 6.54 Å². The minimum atomic E-state index is -0.202. The Morgan fingerprint density at radius 3 is 3.00 bits per heavy atom. The number of H-pyrrole nitrogens is 1. The quantitative estimate of drug-likeness (QED) is 0.711. The van der Waals surface area contributed by atoms with E-state index < -0.39 is 0 Å². The van der Waals surface area contributed by atoms with Gasteiger partial charge >= 0.3 is 4.87 Å². The summed E-state index contributed by atoms with van der Waals surface area (Å²) < 4.78 is 0. The molecule has 0 atom stereocenters. The molecule has 0 bridgehead atoms. The Morgan fingerprint density at radius 2 is 2.46 bits per heavy atom. The summed E-state index contributed by atoms with van der Waals surface area (Å²) in [4.78, 5) is 24.2. The van der Waals surface area contributed by atoms with E-state index in [1.807, 2.05) is 0 Å². The van der Waals surface area contributed by atoms with Gasteiger partial charge in [0.15, 0.2) is 0 Å². The smallest absolute Gasteiger partial charge is 0.305 e. The van der Waals surface area contributed by atoms with Gasteiger partial charge in [0.05, 0.1) is 0 Å². The Bertz CT molecular complexity index is 329. The van der Waals surface area contributed by atoms with Gasteiger partial charge < -0.3 is 10.3 Å². The largest absolute Gasteiger partial charge is 0.351 e. The maximum Gasteiger partial charge on any atom is 0.305 e. The van der Waals surface area contributed by atoms with Crippen molar-refractivity contribution >= 4 is 17.2 Å². The second kappa shape index (κ2) is 4.81. The molecule has 1 amide bonds. The Labute approximate surface area is 80.0 Å². The summed E-state index contributed by atoms with van der Waals surface area (Å²) in [6.45, 7) is 2.71. The Kier molecular flexibility index (Phi) is 3.70. The Morgan fingerprint density at radius 1 is 1.69 bits per heavy atom. The molecule has 0 saturated carbocycles. The van der Waals surface area contributed by atoms with Gasteiger partial charge in [0.2, 0.25) is 0 Å². The molecule has 72 valence electrons. The second-order valence-corrected chi connectivity index (χ2v) is 3.51. The Hall–Kier alpha value is -1.10. The monoisotopic (exact) mass is 200 g/mol. The third-order valence-electron chi connectivity index (χ3n) is 1.58. The molecular weight excluding hydrogens is 188 g/mol. The molecule has 5 heteroatoms. The van der Waals surface area contributed by atoms with Crippen molar-refractivity contribution in [1.29, 1.82) is 0 Å². The van der Waals surface area contributed by atoms with Crippen LogP contribution in [-0.2, 0) is 0 Å². The van der Waals surface area contributed by atoms with E-state index >= 15 is 0 Å². The number of hydrogen-bond donors (Lipinski definition) is 2. The van der Waals surface area contributed by atoms with Crippen LogP contribution in [0.4, 0.5) is 0 Å². The van der Waals surface area contributed by atoms with Crippen molar-refractivity contribution in [3.63, 3.8) is 0 Å². The zero-order chi connectivity index (χ0) is 9.68. The predicted octanol–water partition coefficient (Wildman–Crippen LogP) is 0.966. The normalized spacial score (nSPS) is 9.92. The molecule has 4 nitrogen and oxygen atoms in total. The fraction of sp³-hybridized carbons (Fsp3) is 0.500. The van der Waals surface area contributed by atoms with Gasteiger partial charge in [-0.1, -0.05) is 24.7 Å². The van der Waals surface area contributed by atoms with Crippen molar-refractivity contribution < 1.29 is 4.79 Å². The second-order valence-electron chi connectivity index (χ2n) is 2.67. The van der Waals surface area contributed by atoms with Crippen LogP contribution in [0, 0.1) is 0 Å². The van der Waals surface area contributed by atoms with Crippen LogP contribution in [0.15, 0.2) is 10.2 Å². The molecule has 0 aromatic carbocycles. The summed E-state index contributed by atoms with van der Waals surface area (Å²) in [6, 6.07) is 0. The van der Waals surface area contributed by atoms with E-state index in [9.17, 15) is 9.59 Å². The first-order valence-electron chi connectivity index (χ1n) is 4.20. The van der Waals surface area contributed by atoms with E-state index in [-0.39, 0.29) is 10.8 Å². The fourth-order valence-electron chi connectivity index (χ4n) is 0.866. The van der Waals surface area contributed by atoms with Gasteiger partial charge in [-0.15, -0.1) is 0 Å². The van der Waals surface area contributed by atoms with Crippen LogP contribution in [-0.4, -0.2) is 17.4 Å². The highest BCUT2D eigenvalue weighted by Crippen LogP contribution is 1.95. The highest BCUT2D eigenvalue weighted by Gasteiger charge is 2.05. The number of aromatic amines is 1. The first-order chi connectivity index (χ1) is 6.24. The van der Waals surface area contributed by atoms with Gasteiger partial charge in [0.1, 0.15) is 5.69 Å². The van der Waals surface area contributed by atoms with Crippen LogP contribution >= 0.6 is 11.3 Å². The molecule has 0 radical (unpaired) electrons. The molecule has 1 heterocycles. The third kappa shape index (κ3) is 3.02. The maximum absolute atomic E-state index is 11.3. The lowest BCUT2D eigenvalue weighted by Crippen LogP contribution is -2.25. The molecule has 1 rings (SSSR count). The zero-order valence-corrected chi connectivity index (χ0v) is 8.24. The minimum Gasteiger partial charge on any atom is -0.351 e. The predicted molar refractivity (Wildman–Crippen MR) is 52.2 cm³/mol. The van der Waals surface area contributed by atoms with Gasteiger partial charge in [0, 0.05) is 11.9 Å². The van der Waals surface area contributed by atoms with Crippen LogP contribution in [0.3, 0.4) is 0 Å². The summed E-state index contributed by atoms with van der Waals surface area (Å²) >= 11 is 1.000. The summed E-state index contributed by atoms with van der Waals surface area (Å²) in [7, 11) is 0. The number of rotatable bonds is 4. The standard InChI is InChI=1S/C8H12N2O2S/c1-2-3-4-9-7(11)6-5-13-8(12)10-6/h5H,2-4H2,1H3,(H,9,11)(H,10,12). The number of thiazole rings is 1. The number of unbranched alkanes of at least 4 members (excludes halogenated alkanes) is 1. The van der Waals surface area contributed by atoms with Gasteiger partial charge in [-0.3, -0.25) is 9.59 Å². The van der Waals surface area contributed by atoms with Gasteiger partial charge in [0.25, 0.3) is 5.91 Å². The lowest BCUT2D eigenvalue weighted by Gasteiger charge is -2.00. The van der Waals surface area contributed by atoms with Crippen LogP contribution < -0.4 is 10.2 Å². The van der Waals surface area contributed by atoms with Gasteiger partial charge in [-0.2, -0.15) is 0 Å². The van der Waals surface area contributed by atoms with Crippen LogP contribution in [0.25, 0.3) is 0 Å². The van der Waals surface area contributed by atoms with Crippen molar-refractivity contribution in [1.82, 2.24) is 10.3 Å². The minimum absolute atomic E-state index is 0.194. The van der Waals surface area contributed by atoms with Crippen molar-refractivity contribution in [3.05, 3.63) is 20.7 Å². The molecule has 2 N–H and O–H groups in total. The molecule has 0 aliphatic heterocycles. The lowest BCUT2D eigenvalue weighted by atomic mass is 10.3. The summed E-state index contributed by atoms with van der Waals surface area (Å²) in [6.07, 6.45) is 2.00. The summed E-state index contributed by atoms with van der Waals surface area (Å²) in [5, 5.41) is 4.24. The molecule has 1 aromatic rings. The van der Waals surface area contributed by atoms with Crippen LogP contribution in [0.1, 0.15) is 30.3 Å². The summed E-state index contributed by atoms with van der Waals surface area (Å²) in [5.74, 6) is -0.202. The van der Waals surface area contributed by atoms with Crippen LogP contribution in [0.5, 0.6) is 0 Å². The molecule has 0 fully saturated rings. The van der Waals surface area contributed by atoms with E-state index in [0.29, 0.717) is 12.2 Å². The molecule has 0 aliphatic rings.